The van der Waals surface area contributed by atoms with Gasteiger partial charge in [0.1, 0.15) is 11.5 Å². The van der Waals surface area contributed by atoms with E-state index in [0.29, 0.717) is 12.0 Å². The Morgan fingerprint density at radius 2 is 1.84 bits per heavy atom. The van der Waals surface area contributed by atoms with E-state index < -0.39 is 5.97 Å². The van der Waals surface area contributed by atoms with E-state index in [-0.39, 0.29) is 22.8 Å². The smallest absolute Gasteiger partial charge is 0.308 e. The summed E-state index contributed by atoms with van der Waals surface area (Å²) in [5.74, 6) is -0.587. The van der Waals surface area contributed by atoms with Crippen LogP contribution in [0, 0.1) is 0 Å². The van der Waals surface area contributed by atoms with Crippen molar-refractivity contribution in [3.8, 4) is 11.5 Å². The predicted molar refractivity (Wildman–Crippen MR) is 72.6 cm³/mol. The quantitative estimate of drug-likeness (QED) is 0.392. The van der Waals surface area contributed by atoms with E-state index in [1.54, 1.807) is 6.07 Å². The third-order valence-electron chi connectivity index (χ3n) is 2.54. The maximum absolute atomic E-state index is 11.4. The van der Waals surface area contributed by atoms with Gasteiger partial charge in [-0.1, -0.05) is 11.6 Å². The van der Waals surface area contributed by atoms with Gasteiger partial charge >= 0.3 is 5.97 Å². The number of hydrogen-bond acceptors (Lipinski definition) is 4. The number of carbonyl (C=O) groups excluding carboxylic acids is 2. The number of phenols is 1. The Balaban J connectivity index is 3.28. The molecule has 0 aromatic heterocycles. The molecule has 0 saturated heterocycles. The third kappa shape index (κ3) is 4.25. The normalized spacial score (nSPS) is 9.89. The number of esters is 1. The highest BCUT2D eigenvalue weighted by molar-refractivity contribution is 5.97. The van der Waals surface area contributed by atoms with E-state index in [1.165, 1.54) is 19.9 Å². The molecule has 0 spiro atoms. The van der Waals surface area contributed by atoms with Gasteiger partial charge in [0, 0.05) is 13.0 Å². The molecule has 1 aromatic rings. The molecule has 19 heavy (non-hydrogen) atoms. The molecule has 0 atom stereocenters. The van der Waals surface area contributed by atoms with E-state index in [2.05, 4.69) is 0 Å². The summed E-state index contributed by atoms with van der Waals surface area (Å²) in [5.41, 5.74) is 2.04. The van der Waals surface area contributed by atoms with Gasteiger partial charge in [0.15, 0.2) is 5.78 Å². The van der Waals surface area contributed by atoms with Crippen LogP contribution in [0.4, 0.5) is 0 Å². The number of Topliss-reactive ketones (excluding diaryl/α,β-unsaturated/α-hetero) is 1. The van der Waals surface area contributed by atoms with Crippen LogP contribution in [0.5, 0.6) is 11.5 Å². The van der Waals surface area contributed by atoms with E-state index in [0.717, 1.165) is 5.57 Å². The SMILES string of the molecule is CC(=O)Oc1cc(O)c(C(C)=O)cc1CC=C(C)C. The highest BCUT2D eigenvalue weighted by Crippen LogP contribution is 2.29. The number of phenolic OH excluding ortho intramolecular Hbond substituents is 1. The molecule has 4 heteroatoms. The van der Waals surface area contributed by atoms with Crippen molar-refractivity contribution in [3.63, 3.8) is 0 Å². The molecule has 0 fully saturated rings. The second-order valence-electron chi connectivity index (χ2n) is 4.61. The van der Waals surface area contributed by atoms with Crippen molar-refractivity contribution in [2.24, 2.45) is 0 Å². The molecule has 0 saturated carbocycles. The van der Waals surface area contributed by atoms with Crippen molar-refractivity contribution in [1.29, 1.82) is 0 Å². The molecule has 0 radical (unpaired) electrons. The largest absolute Gasteiger partial charge is 0.507 e. The maximum Gasteiger partial charge on any atom is 0.308 e. The van der Waals surface area contributed by atoms with Gasteiger partial charge in [0.25, 0.3) is 0 Å². The summed E-state index contributed by atoms with van der Waals surface area (Å²) in [6, 6.07) is 2.88. The summed E-state index contributed by atoms with van der Waals surface area (Å²) in [5, 5.41) is 9.75. The summed E-state index contributed by atoms with van der Waals surface area (Å²) in [6.45, 7) is 6.58. The number of hydrogen-bond donors (Lipinski definition) is 1. The van der Waals surface area contributed by atoms with Gasteiger partial charge in [-0.25, -0.2) is 0 Å². The van der Waals surface area contributed by atoms with Gasteiger partial charge in [-0.15, -0.1) is 0 Å². The Hall–Kier alpha value is -2.10. The Labute approximate surface area is 112 Å². The van der Waals surface area contributed by atoms with Crippen molar-refractivity contribution < 1.29 is 19.4 Å². The van der Waals surface area contributed by atoms with Crippen LogP contribution >= 0.6 is 0 Å². The predicted octanol–water partition coefficient (Wildman–Crippen LogP) is 3.03. The molecule has 0 heterocycles. The third-order valence-corrected chi connectivity index (χ3v) is 2.54. The summed E-state index contributed by atoms with van der Waals surface area (Å²) < 4.78 is 5.05. The van der Waals surface area contributed by atoms with Crippen LogP contribution in [0.25, 0.3) is 0 Å². The van der Waals surface area contributed by atoms with E-state index in [1.807, 2.05) is 19.9 Å². The fourth-order valence-corrected chi connectivity index (χ4v) is 1.62. The Morgan fingerprint density at radius 3 is 2.32 bits per heavy atom. The van der Waals surface area contributed by atoms with E-state index in [4.69, 9.17) is 4.74 Å². The first-order valence-electron chi connectivity index (χ1n) is 6.00. The number of allylic oxidation sites excluding steroid dienone is 2. The summed E-state index contributed by atoms with van der Waals surface area (Å²) >= 11 is 0. The first-order valence-corrected chi connectivity index (χ1v) is 6.00. The van der Waals surface area contributed by atoms with Crippen molar-refractivity contribution in [3.05, 3.63) is 34.9 Å². The molecule has 0 unspecified atom stereocenters. The average Bonchev–Trinajstić information content (AvgIpc) is 2.26. The number of ketones is 1. The van der Waals surface area contributed by atoms with Crippen molar-refractivity contribution in [2.75, 3.05) is 0 Å². The van der Waals surface area contributed by atoms with Crippen LogP contribution in [0.3, 0.4) is 0 Å². The molecule has 1 rings (SSSR count). The highest BCUT2D eigenvalue weighted by Gasteiger charge is 2.14. The zero-order valence-corrected chi connectivity index (χ0v) is 11.6. The standard InChI is InChI=1S/C15H18O4/c1-9(2)5-6-12-7-13(10(3)16)14(18)8-15(12)19-11(4)17/h5,7-8,18H,6H2,1-4H3. The van der Waals surface area contributed by atoms with Gasteiger partial charge in [0.05, 0.1) is 5.56 Å². The first-order chi connectivity index (χ1) is 8.81. The van der Waals surface area contributed by atoms with Crippen LogP contribution in [0.1, 0.15) is 43.6 Å². The number of rotatable bonds is 4. The zero-order chi connectivity index (χ0) is 14.6. The number of benzene rings is 1. The Morgan fingerprint density at radius 1 is 1.21 bits per heavy atom. The summed E-state index contributed by atoms with van der Waals surface area (Å²) in [6.07, 6.45) is 2.49. The molecule has 0 bridgehead atoms. The van der Waals surface area contributed by atoms with Crippen molar-refractivity contribution >= 4 is 11.8 Å². The maximum atomic E-state index is 11.4. The molecular formula is C15H18O4. The molecular weight excluding hydrogens is 244 g/mol. The minimum Gasteiger partial charge on any atom is -0.507 e. The molecule has 1 N–H and O–H groups in total. The minimum atomic E-state index is -0.464. The highest BCUT2D eigenvalue weighted by atomic mass is 16.5. The van der Waals surface area contributed by atoms with E-state index >= 15 is 0 Å². The molecule has 0 aliphatic heterocycles. The number of ether oxygens (including phenoxy) is 1. The molecule has 0 aliphatic carbocycles. The van der Waals surface area contributed by atoms with Crippen molar-refractivity contribution in [1.82, 2.24) is 0 Å². The van der Waals surface area contributed by atoms with Gasteiger partial charge in [-0.3, -0.25) is 9.59 Å². The van der Waals surface area contributed by atoms with Gasteiger partial charge in [0.2, 0.25) is 0 Å². The van der Waals surface area contributed by atoms with Crippen LogP contribution in [-0.4, -0.2) is 16.9 Å². The zero-order valence-electron chi connectivity index (χ0n) is 11.6. The minimum absolute atomic E-state index is 0.176. The molecule has 0 amide bonds. The monoisotopic (exact) mass is 262 g/mol. The van der Waals surface area contributed by atoms with Crippen LogP contribution < -0.4 is 4.74 Å². The molecule has 1 aromatic carbocycles. The topological polar surface area (TPSA) is 63.6 Å². The van der Waals surface area contributed by atoms with E-state index in [9.17, 15) is 14.7 Å². The second kappa shape index (κ2) is 6.18. The summed E-state index contributed by atoms with van der Waals surface area (Å²) in [4.78, 5) is 22.5. The Kier molecular flexibility index (Phi) is 4.87. The lowest BCUT2D eigenvalue weighted by Gasteiger charge is -2.11. The lowest BCUT2D eigenvalue weighted by atomic mass is 10.0. The first kappa shape index (κ1) is 15.0. The lowest BCUT2D eigenvalue weighted by molar-refractivity contribution is -0.131. The second-order valence-corrected chi connectivity index (χ2v) is 4.61. The Bertz CT molecular complexity index is 537. The van der Waals surface area contributed by atoms with Crippen LogP contribution in [0.2, 0.25) is 0 Å². The van der Waals surface area contributed by atoms with Crippen LogP contribution in [0.15, 0.2) is 23.8 Å². The van der Waals surface area contributed by atoms with Crippen molar-refractivity contribution in [2.45, 2.75) is 34.1 Å². The molecule has 0 aliphatic rings. The van der Waals surface area contributed by atoms with Gasteiger partial charge < -0.3 is 9.84 Å². The van der Waals surface area contributed by atoms with Crippen LogP contribution in [-0.2, 0) is 11.2 Å². The fourth-order valence-electron chi connectivity index (χ4n) is 1.62. The lowest BCUT2D eigenvalue weighted by Crippen LogP contribution is -2.05. The average molecular weight is 262 g/mol. The molecule has 4 nitrogen and oxygen atoms in total. The number of aromatic hydroxyl groups is 1. The molecule has 102 valence electrons. The van der Waals surface area contributed by atoms with Gasteiger partial charge in [-0.05, 0) is 38.8 Å². The fraction of sp³-hybridized carbons (Fsp3) is 0.333. The summed E-state index contributed by atoms with van der Waals surface area (Å²) in [7, 11) is 0. The number of carbonyl (C=O) groups is 2. The van der Waals surface area contributed by atoms with Gasteiger partial charge in [-0.2, -0.15) is 0 Å².